The highest BCUT2D eigenvalue weighted by molar-refractivity contribution is 5.54. The van der Waals surface area contributed by atoms with E-state index in [-0.39, 0.29) is 6.10 Å². The van der Waals surface area contributed by atoms with E-state index in [0.29, 0.717) is 12.0 Å². The maximum absolute atomic E-state index is 9.61. The van der Waals surface area contributed by atoms with E-state index in [1.54, 1.807) is 24.8 Å². The van der Waals surface area contributed by atoms with Crippen LogP contribution in [-0.4, -0.2) is 44.2 Å². The first-order chi connectivity index (χ1) is 10.2. The van der Waals surface area contributed by atoms with Crippen LogP contribution >= 0.6 is 0 Å². The van der Waals surface area contributed by atoms with Crippen molar-refractivity contribution in [3.8, 4) is 11.4 Å². The first-order valence-corrected chi connectivity index (χ1v) is 7.24. The third-order valence-electron chi connectivity index (χ3n) is 4.00. The normalized spacial score (nSPS) is 22.0. The number of aromatic nitrogens is 4. The van der Waals surface area contributed by atoms with Crippen molar-refractivity contribution in [2.75, 3.05) is 11.9 Å². The van der Waals surface area contributed by atoms with Crippen molar-refractivity contribution in [1.29, 1.82) is 0 Å². The number of hydrogen-bond acceptors (Lipinski definition) is 6. The Morgan fingerprint density at radius 3 is 2.57 bits per heavy atom. The molecule has 0 aliphatic heterocycles. The highest BCUT2D eigenvalue weighted by atomic mass is 16.3. The van der Waals surface area contributed by atoms with Gasteiger partial charge in [0.15, 0.2) is 0 Å². The highest BCUT2D eigenvalue weighted by Crippen LogP contribution is 2.25. The molecule has 6 nitrogen and oxygen atoms in total. The smallest absolute Gasteiger partial charge is 0.225 e. The van der Waals surface area contributed by atoms with Gasteiger partial charge in [-0.1, -0.05) is 0 Å². The first kappa shape index (κ1) is 13.9. The molecule has 0 atom stereocenters. The number of rotatable bonds is 3. The fourth-order valence-electron chi connectivity index (χ4n) is 2.70. The summed E-state index contributed by atoms with van der Waals surface area (Å²) >= 11 is 0. The van der Waals surface area contributed by atoms with Gasteiger partial charge in [0.1, 0.15) is 5.69 Å². The molecule has 2 aromatic rings. The number of nitrogens with zero attached hydrogens (tertiary/aromatic N) is 5. The molecule has 3 rings (SSSR count). The minimum absolute atomic E-state index is 0.151. The summed E-state index contributed by atoms with van der Waals surface area (Å²) in [6.45, 7) is 0. The van der Waals surface area contributed by atoms with Gasteiger partial charge in [-0.25, -0.2) is 9.97 Å². The molecule has 0 amide bonds. The van der Waals surface area contributed by atoms with Gasteiger partial charge >= 0.3 is 0 Å². The molecule has 1 N–H and O–H groups in total. The number of aliphatic hydroxyl groups is 1. The largest absolute Gasteiger partial charge is 0.393 e. The van der Waals surface area contributed by atoms with Crippen molar-refractivity contribution in [3.05, 3.63) is 30.9 Å². The van der Waals surface area contributed by atoms with E-state index in [4.69, 9.17) is 0 Å². The van der Waals surface area contributed by atoms with Gasteiger partial charge in [0.25, 0.3) is 0 Å². The lowest BCUT2D eigenvalue weighted by Gasteiger charge is -2.33. The third-order valence-corrected chi connectivity index (χ3v) is 4.00. The van der Waals surface area contributed by atoms with Gasteiger partial charge in [0.05, 0.1) is 18.0 Å². The molecule has 0 radical (unpaired) electrons. The van der Waals surface area contributed by atoms with E-state index >= 15 is 0 Å². The van der Waals surface area contributed by atoms with Gasteiger partial charge in [0.2, 0.25) is 5.95 Å². The third kappa shape index (κ3) is 3.16. The zero-order valence-corrected chi connectivity index (χ0v) is 12.1. The summed E-state index contributed by atoms with van der Waals surface area (Å²) in [5.74, 6) is 0.694. The van der Waals surface area contributed by atoms with Crippen molar-refractivity contribution in [3.63, 3.8) is 0 Å². The second-order valence-corrected chi connectivity index (χ2v) is 5.41. The molecule has 110 valence electrons. The van der Waals surface area contributed by atoms with Crippen LogP contribution in [0.15, 0.2) is 30.9 Å². The molecule has 1 aliphatic carbocycles. The molecule has 0 spiro atoms. The Bertz CT molecular complexity index is 584. The van der Waals surface area contributed by atoms with Crippen LogP contribution in [0.2, 0.25) is 0 Å². The Hall–Kier alpha value is -2.08. The van der Waals surface area contributed by atoms with E-state index < -0.39 is 0 Å². The molecule has 21 heavy (non-hydrogen) atoms. The Labute approximate surface area is 123 Å². The predicted octanol–water partition coefficient (Wildman–Crippen LogP) is 1.67. The van der Waals surface area contributed by atoms with Crippen LogP contribution < -0.4 is 4.90 Å². The molecule has 1 aliphatic rings. The summed E-state index contributed by atoms with van der Waals surface area (Å²) in [5, 5.41) is 9.61. The predicted molar refractivity (Wildman–Crippen MR) is 79.7 cm³/mol. The van der Waals surface area contributed by atoms with Crippen molar-refractivity contribution in [1.82, 2.24) is 19.9 Å². The fraction of sp³-hybridized carbons (Fsp3) is 0.467. The monoisotopic (exact) mass is 285 g/mol. The van der Waals surface area contributed by atoms with Gasteiger partial charge in [-0.2, -0.15) is 0 Å². The van der Waals surface area contributed by atoms with Gasteiger partial charge < -0.3 is 10.0 Å². The van der Waals surface area contributed by atoms with E-state index in [2.05, 4.69) is 24.8 Å². The van der Waals surface area contributed by atoms with Crippen LogP contribution in [-0.2, 0) is 0 Å². The lowest BCUT2D eigenvalue weighted by atomic mass is 9.92. The minimum atomic E-state index is -0.151. The summed E-state index contributed by atoms with van der Waals surface area (Å²) < 4.78 is 0. The van der Waals surface area contributed by atoms with Crippen LogP contribution in [0.1, 0.15) is 25.7 Å². The van der Waals surface area contributed by atoms with Gasteiger partial charge in [-0.3, -0.25) is 9.97 Å². The maximum atomic E-state index is 9.61. The summed E-state index contributed by atoms with van der Waals surface area (Å²) in [5.41, 5.74) is 1.52. The molecule has 6 heteroatoms. The minimum Gasteiger partial charge on any atom is -0.393 e. The average molecular weight is 285 g/mol. The van der Waals surface area contributed by atoms with E-state index in [0.717, 1.165) is 37.1 Å². The quantitative estimate of drug-likeness (QED) is 0.924. The van der Waals surface area contributed by atoms with Crippen LogP contribution in [0.3, 0.4) is 0 Å². The van der Waals surface area contributed by atoms with E-state index in [9.17, 15) is 5.11 Å². The molecule has 1 saturated carbocycles. The van der Waals surface area contributed by atoms with Gasteiger partial charge in [-0.15, -0.1) is 0 Å². The molecule has 0 bridgehead atoms. The van der Waals surface area contributed by atoms with Crippen molar-refractivity contribution < 1.29 is 5.11 Å². The molecule has 0 aromatic carbocycles. The molecule has 2 heterocycles. The molecule has 2 aromatic heterocycles. The second-order valence-electron chi connectivity index (χ2n) is 5.41. The first-order valence-electron chi connectivity index (χ1n) is 7.24. The van der Waals surface area contributed by atoms with Crippen LogP contribution in [0, 0.1) is 0 Å². The van der Waals surface area contributed by atoms with Crippen LogP contribution in [0.5, 0.6) is 0 Å². The van der Waals surface area contributed by atoms with Crippen molar-refractivity contribution >= 4 is 5.95 Å². The SMILES string of the molecule is CN(c1nccc(-c2cnccn2)n1)C1CCC(O)CC1. The van der Waals surface area contributed by atoms with Crippen molar-refractivity contribution in [2.45, 2.75) is 37.8 Å². The second kappa shape index (κ2) is 6.13. The van der Waals surface area contributed by atoms with Crippen LogP contribution in [0.25, 0.3) is 11.4 Å². The summed E-state index contributed by atoms with van der Waals surface area (Å²) in [7, 11) is 2.01. The van der Waals surface area contributed by atoms with Crippen LogP contribution in [0.4, 0.5) is 5.95 Å². The summed E-state index contributed by atoms with van der Waals surface area (Å²) in [4.78, 5) is 19.4. The molecule has 0 unspecified atom stereocenters. The Balaban J connectivity index is 1.79. The lowest BCUT2D eigenvalue weighted by molar-refractivity contribution is 0.122. The zero-order chi connectivity index (χ0) is 14.7. The fourth-order valence-corrected chi connectivity index (χ4v) is 2.70. The number of aliphatic hydroxyl groups excluding tert-OH is 1. The zero-order valence-electron chi connectivity index (χ0n) is 12.1. The summed E-state index contributed by atoms with van der Waals surface area (Å²) in [6, 6.07) is 2.22. The van der Waals surface area contributed by atoms with Gasteiger partial charge in [0, 0.05) is 31.7 Å². The molecule has 0 saturated heterocycles. The molecular weight excluding hydrogens is 266 g/mol. The number of hydrogen-bond donors (Lipinski definition) is 1. The summed E-state index contributed by atoms with van der Waals surface area (Å²) in [6.07, 6.45) is 10.2. The average Bonchev–Trinajstić information content (AvgIpc) is 2.56. The highest BCUT2D eigenvalue weighted by Gasteiger charge is 2.24. The maximum Gasteiger partial charge on any atom is 0.225 e. The van der Waals surface area contributed by atoms with Gasteiger partial charge in [-0.05, 0) is 31.7 Å². The Morgan fingerprint density at radius 1 is 1.05 bits per heavy atom. The molecule has 1 fully saturated rings. The Morgan fingerprint density at radius 2 is 1.86 bits per heavy atom. The number of anilines is 1. The topological polar surface area (TPSA) is 75.0 Å². The van der Waals surface area contributed by atoms with E-state index in [1.807, 2.05) is 13.1 Å². The Kier molecular flexibility index (Phi) is 4.06. The van der Waals surface area contributed by atoms with E-state index in [1.165, 1.54) is 0 Å². The standard InChI is InChI=1S/C15H19N5O/c1-20(11-2-4-12(21)5-3-11)15-18-7-6-13(19-15)14-10-16-8-9-17-14/h6-12,21H,2-5H2,1H3. The molecular formula is C15H19N5O. The lowest BCUT2D eigenvalue weighted by Crippen LogP contribution is -2.37. The van der Waals surface area contributed by atoms with Crippen molar-refractivity contribution in [2.24, 2.45) is 0 Å².